The molecule has 1 aliphatic rings. The summed E-state index contributed by atoms with van der Waals surface area (Å²) >= 11 is 0. The van der Waals surface area contributed by atoms with Crippen molar-refractivity contribution in [2.24, 2.45) is 5.41 Å². The number of ether oxygens (including phenoxy) is 1. The number of hydrogen-bond acceptors (Lipinski definition) is 3. The van der Waals surface area contributed by atoms with Gasteiger partial charge in [0.15, 0.2) is 0 Å². The van der Waals surface area contributed by atoms with E-state index in [1.165, 1.54) is 4.90 Å². The van der Waals surface area contributed by atoms with Crippen LogP contribution in [0.5, 0.6) is 0 Å². The van der Waals surface area contributed by atoms with Crippen LogP contribution in [0.3, 0.4) is 0 Å². The standard InChI is InChI=1S/C15H29F3N2O/c1-4-7-20(11-15(16,17)18)10-14(9-19-13(2)3)6-5-8-21-12-14/h13,19H,4-12H2,1-3H3. The van der Waals surface area contributed by atoms with Crippen molar-refractivity contribution in [1.82, 2.24) is 10.2 Å². The Morgan fingerprint density at radius 3 is 2.52 bits per heavy atom. The second-order valence-corrected chi connectivity index (χ2v) is 6.52. The summed E-state index contributed by atoms with van der Waals surface area (Å²) in [5.41, 5.74) is -0.205. The number of alkyl halides is 3. The quantitative estimate of drug-likeness (QED) is 0.746. The van der Waals surface area contributed by atoms with Crippen molar-refractivity contribution in [1.29, 1.82) is 0 Å². The van der Waals surface area contributed by atoms with Gasteiger partial charge in [0.2, 0.25) is 0 Å². The topological polar surface area (TPSA) is 24.5 Å². The molecule has 0 amide bonds. The summed E-state index contributed by atoms with van der Waals surface area (Å²) in [6.07, 6.45) is -1.57. The van der Waals surface area contributed by atoms with Crippen LogP contribution in [-0.4, -0.2) is 56.5 Å². The average molecular weight is 310 g/mol. The maximum atomic E-state index is 12.7. The van der Waals surface area contributed by atoms with Crippen molar-refractivity contribution in [3.05, 3.63) is 0 Å². The number of hydrogen-bond donors (Lipinski definition) is 1. The molecule has 1 atom stereocenters. The van der Waals surface area contributed by atoms with E-state index in [2.05, 4.69) is 19.2 Å². The van der Waals surface area contributed by atoms with Gasteiger partial charge in [-0.3, -0.25) is 4.90 Å². The van der Waals surface area contributed by atoms with Crippen LogP contribution in [0.4, 0.5) is 13.2 Å². The molecule has 6 heteroatoms. The number of rotatable bonds is 8. The van der Waals surface area contributed by atoms with Crippen molar-refractivity contribution in [2.75, 3.05) is 39.4 Å². The highest BCUT2D eigenvalue weighted by Gasteiger charge is 2.38. The predicted octanol–water partition coefficient (Wildman–Crippen LogP) is 3.06. The molecule has 1 fully saturated rings. The molecule has 1 N–H and O–H groups in total. The summed E-state index contributed by atoms with van der Waals surface area (Å²) in [6, 6.07) is 0.325. The molecule has 0 bridgehead atoms. The molecule has 21 heavy (non-hydrogen) atoms. The smallest absolute Gasteiger partial charge is 0.381 e. The lowest BCUT2D eigenvalue weighted by atomic mass is 9.81. The van der Waals surface area contributed by atoms with Crippen molar-refractivity contribution in [3.8, 4) is 0 Å². The van der Waals surface area contributed by atoms with E-state index in [9.17, 15) is 13.2 Å². The van der Waals surface area contributed by atoms with Gasteiger partial charge in [-0.2, -0.15) is 13.2 Å². The Labute approximate surface area is 126 Å². The Balaban J connectivity index is 2.71. The third-order valence-corrected chi connectivity index (χ3v) is 3.79. The zero-order valence-corrected chi connectivity index (χ0v) is 13.4. The first-order chi connectivity index (χ1) is 9.76. The van der Waals surface area contributed by atoms with Crippen molar-refractivity contribution in [2.45, 2.75) is 52.3 Å². The van der Waals surface area contributed by atoms with E-state index in [4.69, 9.17) is 4.74 Å². The fourth-order valence-corrected chi connectivity index (χ4v) is 2.91. The molecular formula is C15H29F3N2O. The van der Waals surface area contributed by atoms with Gasteiger partial charge in [0.1, 0.15) is 0 Å². The first kappa shape index (κ1) is 18.7. The molecular weight excluding hydrogens is 281 g/mol. The van der Waals surface area contributed by atoms with Crippen molar-refractivity contribution in [3.63, 3.8) is 0 Å². The van der Waals surface area contributed by atoms with E-state index >= 15 is 0 Å². The zero-order chi connectivity index (χ0) is 15.9. The van der Waals surface area contributed by atoms with Crippen molar-refractivity contribution >= 4 is 0 Å². The lowest BCUT2D eigenvalue weighted by molar-refractivity contribution is -0.152. The van der Waals surface area contributed by atoms with Gasteiger partial charge >= 0.3 is 6.18 Å². The molecule has 0 aliphatic carbocycles. The minimum absolute atomic E-state index is 0.205. The monoisotopic (exact) mass is 310 g/mol. The molecule has 1 rings (SSSR count). The molecule has 0 aromatic carbocycles. The van der Waals surface area contributed by atoms with Crippen LogP contribution in [0.2, 0.25) is 0 Å². The molecule has 1 aliphatic heterocycles. The SMILES string of the molecule is CCCN(CC(F)(F)F)CC1(CNC(C)C)CCCOC1. The molecule has 1 saturated heterocycles. The van der Waals surface area contributed by atoms with E-state index in [1.54, 1.807) is 0 Å². The summed E-state index contributed by atoms with van der Waals surface area (Å²) in [7, 11) is 0. The van der Waals surface area contributed by atoms with Crippen LogP contribution in [0, 0.1) is 5.41 Å². The first-order valence-electron chi connectivity index (χ1n) is 7.86. The van der Waals surface area contributed by atoms with Crippen LogP contribution in [0.1, 0.15) is 40.0 Å². The fourth-order valence-electron chi connectivity index (χ4n) is 2.91. The van der Waals surface area contributed by atoms with E-state index in [1.807, 2.05) is 6.92 Å². The van der Waals surface area contributed by atoms with Gasteiger partial charge in [0.25, 0.3) is 0 Å². The maximum absolute atomic E-state index is 12.7. The van der Waals surface area contributed by atoms with Gasteiger partial charge in [0, 0.05) is 31.2 Å². The zero-order valence-electron chi connectivity index (χ0n) is 13.4. The van der Waals surface area contributed by atoms with Crippen LogP contribution in [0.25, 0.3) is 0 Å². The maximum Gasteiger partial charge on any atom is 0.401 e. The predicted molar refractivity (Wildman–Crippen MR) is 78.4 cm³/mol. The Morgan fingerprint density at radius 2 is 2.05 bits per heavy atom. The second-order valence-electron chi connectivity index (χ2n) is 6.52. The molecule has 0 radical (unpaired) electrons. The summed E-state index contributed by atoms with van der Waals surface area (Å²) in [4.78, 5) is 1.54. The van der Waals surface area contributed by atoms with Gasteiger partial charge in [-0.1, -0.05) is 20.8 Å². The Morgan fingerprint density at radius 1 is 1.33 bits per heavy atom. The fraction of sp³-hybridized carbons (Fsp3) is 1.00. The minimum Gasteiger partial charge on any atom is -0.381 e. The molecule has 3 nitrogen and oxygen atoms in total. The molecule has 0 saturated carbocycles. The lowest BCUT2D eigenvalue weighted by Crippen LogP contribution is -2.51. The highest BCUT2D eigenvalue weighted by molar-refractivity contribution is 4.88. The molecule has 1 heterocycles. The van der Waals surface area contributed by atoms with Crippen molar-refractivity contribution < 1.29 is 17.9 Å². The second kappa shape index (κ2) is 8.34. The molecule has 1 unspecified atom stereocenters. The third kappa shape index (κ3) is 7.47. The van der Waals surface area contributed by atoms with Crippen LogP contribution in [-0.2, 0) is 4.74 Å². The highest BCUT2D eigenvalue weighted by atomic mass is 19.4. The number of nitrogens with zero attached hydrogens (tertiary/aromatic N) is 1. The van der Waals surface area contributed by atoms with Gasteiger partial charge in [-0.05, 0) is 25.8 Å². The van der Waals surface area contributed by atoms with Crippen LogP contribution >= 0.6 is 0 Å². The number of nitrogens with one attached hydrogen (secondary N) is 1. The molecule has 0 aromatic heterocycles. The minimum atomic E-state index is -4.14. The highest BCUT2D eigenvalue weighted by Crippen LogP contribution is 2.30. The Kier molecular flexibility index (Phi) is 7.44. The average Bonchev–Trinajstić information content (AvgIpc) is 2.36. The van der Waals surface area contributed by atoms with Gasteiger partial charge in [-0.25, -0.2) is 0 Å². The van der Waals surface area contributed by atoms with Crippen LogP contribution < -0.4 is 5.32 Å². The number of halogens is 3. The first-order valence-corrected chi connectivity index (χ1v) is 7.86. The summed E-state index contributed by atoms with van der Waals surface area (Å²) in [5, 5.41) is 3.38. The molecule has 0 spiro atoms. The normalized spacial score (nSPS) is 24.0. The summed E-state index contributed by atoms with van der Waals surface area (Å²) < 4.78 is 43.8. The van der Waals surface area contributed by atoms with E-state index in [0.717, 1.165) is 25.9 Å². The van der Waals surface area contributed by atoms with E-state index in [0.29, 0.717) is 32.3 Å². The molecule has 126 valence electrons. The largest absolute Gasteiger partial charge is 0.401 e. The van der Waals surface area contributed by atoms with Gasteiger partial charge in [-0.15, -0.1) is 0 Å². The molecule has 0 aromatic rings. The third-order valence-electron chi connectivity index (χ3n) is 3.79. The summed E-state index contributed by atoms with van der Waals surface area (Å²) in [5.74, 6) is 0. The van der Waals surface area contributed by atoms with Crippen LogP contribution in [0.15, 0.2) is 0 Å². The van der Waals surface area contributed by atoms with E-state index in [-0.39, 0.29) is 5.41 Å². The summed E-state index contributed by atoms with van der Waals surface area (Å²) in [6.45, 7) is 8.09. The van der Waals surface area contributed by atoms with Gasteiger partial charge < -0.3 is 10.1 Å². The van der Waals surface area contributed by atoms with Gasteiger partial charge in [0.05, 0.1) is 13.2 Å². The Bertz CT molecular complexity index is 289. The Hall–Kier alpha value is -0.330. The lowest BCUT2D eigenvalue weighted by Gasteiger charge is -2.41. The van der Waals surface area contributed by atoms with E-state index < -0.39 is 12.7 Å².